The molecule has 90 valence electrons. The van der Waals surface area contributed by atoms with Gasteiger partial charge in [0.2, 0.25) is 0 Å². The van der Waals surface area contributed by atoms with Crippen molar-refractivity contribution in [1.82, 2.24) is 0 Å². The molecule has 0 aromatic heterocycles. The van der Waals surface area contributed by atoms with Gasteiger partial charge in [0, 0.05) is 6.54 Å². The lowest BCUT2D eigenvalue weighted by Gasteiger charge is -2.32. The number of hydrogen-bond acceptors (Lipinski definition) is 3. The third-order valence-electron chi connectivity index (χ3n) is 3.49. The van der Waals surface area contributed by atoms with Crippen LogP contribution >= 0.6 is 0 Å². The van der Waals surface area contributed by atoms with Crippen LogP contribution in [-0.2, 0) is 9.84 Å². The first kappa shape index (κ1) is 13.0. The molecule has 0 amide bonds. The van der Waals surface area contributed by atoms with E-state index in [0.717, 1.165) is 19.3 Å². The Morgan fingerprint density at radius 1 is 1.20 bits per heavy atom. The summed E-state index contributed by atoms with van der Waals surface area (Å²) in [5, 5.41) is -0.546. The van der Waals surface area contributed by atoms with Crippen molar-refractivity contribution in [2.24, 2.45) is 17.6 Å². The summed E-state index contributed by atoms with van der Waals surface area (Å²) in [6.07, 6.45) is 2.79. The van der Waals surface area contributed by atoms with Crippen LogP contribution in [0.1, 0.15) is 40.0 Å². The van der Waals surface area contributed by atoms with E-state index in [1.54, 1.807) is 6.92 Å². The summed E-state index contributed by atoms with van der Waals surface area (Å²) in [5.74, 6) is 1.05. The summed E-state index contributed by atoms with van der Waals surface area (Å²) in [7, 11) is -3.00. The average molecular weight is 233 g/mol. The van der Waals surface area contributed by atoms with Crippen molar-refractivity contribution < 1.29 is 8.42 Å². The summed E-state index contributed by atoms with van der Waals surface area (Å²) in [4.78, 5) is 0. The van der Waals surface area contributed by atoms with Gasteiger partial charge in [0.15, 0.2) is 9.84 Å². The quantitative estimate of drug-likeness (QED) is 0.805. The Bertz CT molecular complexity index is 290. The van der Waals surface area contributed by atoms with E-state index in [-0.39, 0.29) is 17.0 Å². The smallest absolute Gasteiger partial charge is 0.156 e. The molecule has 3 nitrogen and oxygen atoms in total. The highest BCUT2D eigenvalue weighted by molar-refractivity contribution is 7.92. The Hall–Kier alpha value is -0.0900. The summed E-state index contributed by atoms with van der Waals surface area (Å²) < 4.78 is 24.3. The molecule has 1 saturated carbocycles. The summed E-state index contributed by atoms with van der Waals surface area (Å²) >= 11 is 0. The van der Waals surface area contributed by atoms with Gasteiger partial charge in [-0.05, 0) is 38.0 Å². The third kappa shape index (κ3) is 2.94. The molecule has 0 radical (unpaired) electrons. The van der Waals surface area contributed by atoms with Crippen molar-refractivity contribution in [2.45, 2.75) is 50.5 Å². The van der Waals surface area contributed by atoms with Gasteiger partial charge in [-0.1, -0.05) is 13.8 Å². The van der Waals surface area contributed by atoms with Gasteiger partial charge in [0.25, 0.3) is 0 Å². The Morgan fingerprint density at radius 2 is 1.67 bits per heavy atom. The van der Waals surface area contributed by atoms with Crippen LogP contribution in [0.4, 0.5) is 0 Å². The van der Waals surface area contributed by atoms with Crippen molar-refractivity contribution in [3.8, 4) is 0 Å². The topological polar surface area (TPSA) is 60.2 Å². The number of hydrogen-bond donors (Lipinski definition) is 1. The standard InChI is InChI=1S/C11H23NO2S/c1-8-4-9(2)6-11(5-8)15(13,14)10(3)7-12/h8-11H,4-7,12H2,1-3H3. The average Bonchev–Trinajstić information content (AvgIpc) is 2.15. The lowest BCUT2D eigenvalue weighted by atomic mass is 9.83. The van der Waals surface area contributed by atoms with Gasteiger partial charge in [-0.25, -0.2) is 8.42 Å². The molecular weight excluding hydrogens is 210 g/mol. The van der Waals surface area contributed by atoms with Gasteiger partial charge in [-0.2, -0.15) is 0 Å². The van der Waals surface area contributed by atoms with Crippen molar-refractivity contribution in [3.63, 3.8) is 0 Å². The zero-order chi connectivity index (χ0) is 11.6. The minimum absolute atomic E-state index is 0.158. The lowest BCUT2D eigenvalue weighted by Crippen LogP contribution is -2.39. The highest BCUT2D eigenvalue weighted by Gasteiger charge is 2.35. The molecule has 0 heterocycles. The van der Waals surface area contributed by atoms with Crippen LogP contribution in [0.2, 0.25) is 0 Å². The fourth-order valence-corrected chi connectivity index (χ4v) is 4.72. The molecule has 0 saturated heterocycles. The third-order valence-corrected chi connectivity index (χ3v) is 6.12. The van der Waals surface area contributed by atoms with Gasteiger partial charge >= 0.3 is 0 Å². The van der Waals surface area contributed by atoms with Crippen LogP contribution in [0.3, 0.4) is 0 Å². The van der Waals surface area contributed by atoms with Crippen LogP contribution in [-0.4, -0.2) is 25.5 Å². The van der Waals surface area contributed by atoms with Crippen LogP contribution in [0.5, 0.6) is 0 Å². The fraction of sp³-hybridized carbons (Fsp3) is 1.00. The van der Waals surface area contributed by atoms with E-state index in [1.807, 2.05) is 0 Å². The van der Waals surface area contributed by atoms with E-state index in [1.165, 1.54) is 0 Å². The van der Waals surface area contributed by atoms with Gasteiger partial charge in [0.1, 0.15) is 0 Å². The normalized spacial score (nSPS) is 35.1. The van der Waals surface area contributed by atoms with Crippen LogP contribution < -0.4 is 5.73 Å². The highest BCUT2D eigenvalue weighted by Crippen LogP contribution is 2.33. The van der Waals surface area contributed by atoms with Crippen LogP contribution in [0.15, 0.2) is 0 Å². The highest BCUT2D eigenvalue weighted by atomic mass is 32.2. The van der Waals surface area contributed by atoms with E-state index in [4.69, 9.17) is 5.73 Å². The molecule has 3 atom stereocenters. The van der Waals surface area contributed by atoms with Gasteiger partial charge in [-0.3, -0.25) is 0 Å². The molecule has 1 fully saturated rings. The number of nitrogens with two attached hydrogens (primary N) is 1. The first-order chi connectivity index (χ1) is 6.87. The molecule has 3 unspecified atom stereocenters. The van der Waals surface area contributed by atoms with Gasteiger partial charge < -0.3 is 5.73 Å². The van der Waals surface area contributed by atoms with Crippen molar-refractivity contribution in [1.29, 1.82) is 0 Å². The zero-order valence-corrected chi connectivity index (χ0v) is 10.8. The molecule has 4 heteroatoms. The molecule has 0 spiro atoms. The maximum atomic E-state index is 12.1. The summed E-state index contributed by atoms with van der Waals surface area (Å²) in [6, 6.07) is 0. The predicted octanol–water partition coefficient (Wildman–Crippen LogP) is 1.57. The lowest BCUT2D eigenvalue weighted by molar-refractivity contribution is 0.300. The Labute approximate surface area is 93.3 Å². The first-order valence-electron chi connectivity index (χ1n) is 5.80. The summed E-state index contributed by atoms with van der Waals surface area (Å²) in [6.45, 7) is 6.25. The SMILES string of the molecule is CC1CC(C)CC(S(=O)(=O)C(C)CN)C1. The molecular formula is C11H23NO2S. The van der Waals surface area contributed by atoms with E-state index in [9.17, 15) is 8.42 Å². The molecule has 0 aliphatic heterocycles. The Morgan fingerprint density at radius 3 is 2.07 bits per heavy atom. The van der Waals surface area contributed by atoms with E-state index < -0.39 is 9.84 Å². The first-order valence-corrected chi connectivity index (χ1v) is 7.41. The van der Waals surface area contributed by atoms with Crippen LogP contribution in [0, 0.1) is 11.8 Å². The second kappa shape index (κ2) is 4.83. The molecule has 0 bridgehead atoms. The zero-order valence-electron chi connectivity index (χ0n) is 9.94. The molecule has 1 rings (SSSR count). The second-order valence-electron chi connectivity index (χ2n) is 5.17. The van der Waals surface area contributed by atoms with E-state index in [0.29, 0.717) is 11.8 Å². The monoisotopic (exact) mass is 233 g/mol. The predicted molar refractivity (Wildman–Crippen MR) is 63.4 cm³/mol. The minimum Gasteiger partial charge on any atom is -0.329 e. The molecule has 15 heavy (non-hydrogen) atoms. The number of rotatable bonds is 3. The Balaban J connectivity index is 2.79. The maximum absolute atomic E-state index is 12.1. The van der Waals surface area contributed by atoms with Gasteiger partial charge in [0.05, 0.1) is 10.5 Å². The molecule has 1 aliphatic rings. The minimum atomic E-state index is -3.00. The van der Waals surface area contributed by atoms with Crippen molar-refractivity contribution in [3.05, 3.63) is 0 Å². The number of sulfone groups is 1. The van der Waals surface area contributed by atoms with E-state index in [2.05, 4.69) is 13.8 Å². The van der Waals surface area contributed by atoms with Crippen molar-refractivity contribution >= 4 is 9.84 Å². The van der Waals surface area contributed by atoms with E-state index >= 15 is 0 Å². The molecule has 0 aromatic rings. The summed E-state index contributed by atoms with van der Waals surface area (Å²) in [5.41, 5.74) is 5.45. The Kier molecular flexibility index (Phi) is 4.18. The van der Waals surface area contributed by atoms with Crippen molar-refractivity contribution in [2.75, 3.05) is 6.54 Å². The molecule has 0 aromatic carbocycles. The second-order valence-corrected chi connectivity index (χ2v) is 7.82. The van der Waals surface area contributed by atoms with Crippen LogP contribution in [0.25, 0.3) is 0 Å². The molecule has 1 aliphatic carbocycles. The fourth-order valence-electron chi connectivity index (χ4n) is 2.60. The maximum Gasteiger partial charge on any atom is 0.156 e. The van der Waals surface area contributed by atoms with Gasteiger partial charge in [-0.15, -0.1) is 0 Å². The molecule has 2 N–H and O–H groups in total. The largest absolute Gasteiger partial charge is 0.329 e.